The molecule has 0 fully saturated rings. The molecule has 0 atom stereocenters. The van der Waals surface area contributed by atoms with Gasteiger partial charge in [0, 0.05) is 12.5 Å². The van der Waals surface area contributed by atoms with Gasteiger partial charge in [0.25, 0.3) is 11.4 Å². The molecule has 0 saturated heterocycles. The summed E-state index contributed by atoms with van der Waals surface area (Å²) in [7, 11) is 0. The first-order valence-electron chi connectivity index (χ1n) is 7.59. The van der Waals surface area contributed by atoms with Crippen molar-refractivity contribution >= 4 is 29.4 Å². The second-order valence-corrected chi connectivity index (χ2v) is 5.92. The van der Waals surface area contributed by atoms with Crippen LogP contribution in [0.3, 0.4) is 0 Å². The van der Waals surface area contributed by atoms with Crippen LogP contribution in [0.4, 0.5) is 11.4 Å². The number of carboxylic acid groups (broad SMARTS) is 1. The minimum absolute atomic E-state index is 0.0197. The van der Waals surface area contributed by atoms with Crippen LogP contribution < -0.4 is 8.92 Å². The van der Waals surface area contributed by atoms with Crippen LogP contribution in [-0.4, -0.2) is 27.5 Å². The Labute approximate surface area is 157 Å². The van der Waals surface area contributed by atoms with Gasteiger partial charge in [-0.25, -0.2) is 0 Å². The van der Waals surface area contributed by atoms with Crippen LogP contribution in [0.5, 0.6) is 11.5 Å². The molecule has 0 aliphatic carbocycles. The predicted octanol–water partition coefficient (Wildman–Crippen LogP) is 3.83. The van der Waals surface area contributed by atoms with Crippen molar-refractivity contribution < 1.29 is 28.7 Å². The molecular formula is C16H14N2O8S. The molecular weight excluding hydrogens is 380 g/mol. The maximum absolute atomic E-state index is 11.1. The van der Waals surface area contributed by atoms with E-state index in [9.17, 15) is 25.0 Å². The average Bonchev–Trinajstić information content (AvgIpc) is 2.64. The number of aliphatic carboxylic acids is 1. The molecule has 0 aliphatic heterocycles. The van der Waals surface area contributed by atoms with E-state index < -0.39 is 21.5 Å². The number of hydrogen-bond donors (Lipinski definition) is 1. The van der Waals surface area contributed by atoms with Gasteiger partial charge in [0.15, 0.2) is 0 Å². The second kappa shape index (κ2) is 9.38. The average molecular weight is 394 g/mol. The molecule has 142 valence electrons. The molecule has 0 unspecified atom stereocenters. The summed E-state index contributed by atoms with van der Waals surface area (Å²) in [6.07, 6.45) is 0.402. The van der Waals surface area contributed by atoms with Crippen LogP contribution in [0, 0.1) is 20.2 Å². The van der Waals surface area contributed by atoms with Crippen molar-refractivity contribution in [3.63, 3.8) is 0 Å². The Bertz CT molecular complexity index is 841. The highest BCUT2D eigenvalue weighted by atomic mass is 32.2. The van der Waals surface area contributed by atoms with Crippen molar-refractivity contribution in [2.24, 2.45) is 0 Å². The lowest BCUT2D eigenvalue weighted by molar-refractivity contribution is -0.396. The topological polar surface area (TPSA) is 142 Å². The molecule has 1 N–H and O–H groups in total. The van der Waals surface area contributed by atoms with Crippen molar-refractivity contribution in [2.75, 3.05) is 6.61 Å². The Hall–Kier alpha value is -3.34. The lowest BCUT2D eigenvalue weighted by atomic mass is 10.3. The number of benzene rings is 2. The van der Waals surface area contributed by atoms with Gasteiger partial charge in [0.05, 0.1) is 34.6 Å². The molecule has 0 aliphatic rings. The van der Waals surface area contributed by atoms with E-state index in [4.69, 9.17) is 14.0 Å². The lowest BCUT2D eigenvalue weighted by Crippen LogP contribution is -2.01. The molecule has 27 heavy (non-hydrogen) atoms. The molecule has 0 spiro atoms. The summed E-state index contributed by atoms with van der Waals surface area (Å²) < 4.78 is 10.8. The largest absolute Gasteiger partial charge is 0.494 e. The summed E-state index contributed by atoms with van der Waals surface area (Å²) in [5, 5.41) is 30.4. The fourth-order valence-electron chi connectivity index (χ4n) is 1.93. The number of non-ortho nitro benzene ring substituents is 1. The van der Waals surface area contributed by atoms with Crippen molar-refractivity contribution in [1.29, 1.82) is 0 Å². The highest BCUT2D eigenvalue weighted by Crippen LogP contribution is 2.34. The van der Waals surface area contributed by atoms with E-state index in [2.05, 4.69) is 0 Å². The Morgan fingerprint density at radius 2 is 1.70 bits per heavy atom. The number of carbonyl (C=O) groups is 1. The Morgan fingerprint density at radius 1 is 1.04 bits per heavy atom. The van der Waals surface area contributed by atoms with E-state index in [1.165, 1.54) is 6.07 Å². The van der Waals surface area contributed by atoms with Crippen molar-refractivity contribution in [2.45, 2.75) is 17.7 Å². The highest BCUT2D eigenvalue weighted by molar-refractivity contribution is 7.95. The van der Waals surface area contributed by atoms with Gasteiger partial charge < -0.3 is 14.0 Å². The Kier molecular flexibility index (Phi) is 6.94. The molecule has 10 nitrogen and oxygen atoms in total. The number of rotatable bonds is 10. The van der Waals surface area contributed by atoms with E-state index in [0.29, 0.717) is 30.0 Å². The molecule has 11 heteroatoms. The van der Waals surface area contributed by atoms with E-state index in [1.807, 2.05) is 0 Å². The Balaban J connectivity index is 1.95. The van der Waals surface area contributed by atoms with Gasteiger partial charge in [-0.05, 0) is 36.8 Å². The van der Waals surface area contributed by atoms with E-state index in [0.717, 1.165) is 12.1 Å². The zero-order valence-corrected chi connectivity index (χ0v) is 14.6. The Morgan fingerprint density at radius 3 is 2.30 bits per heavy atom. The van der Waals surface area contributed by atoms with Crippen LogP contribution in [0.1, 0.15) is 12.8 Å². The van der Waals surface area contributed by atoms with Crippen LogP contribution in [0.2, 0.25) is 0 Å². The van der Waals surface area contributed by atoms with Crippen LogP contribution in [-0.2, 0) is 4.79 Å². The van der Waals surface area contributed by atoms with E-state index >= 15 is 0 Å². The van der Waals surface area contributed by atoms with Crippen molar-refractivity contribution in [3.8, 4) is 11.5 Å². The highest BCUT2D eigenvalue weighted by Gasteiger charge is 2.20. The number of nitro groups is 2. The van der Waals surface area contributed by atoms with Gasteiger partial charge in [-0.1, -0.05) is 0 Å². The standard InChI is InChI=1S/C16H14N2O8S/c19-16(20)2-1-9-25-12-4-6-13(7-5-12)26-27-15-8-3-11(17(21)22)10-14(15)18(23)24/h3-8,10H,1-2,9H2,(H,19,20). The van der Waals surface area contributed by atoms with Crippen molar-refractivity contribution in [3.05, 3.63) is 62.7 Å². The van der Waals surface area contributed by atoms with Crippen molar-refractivity contribution in [1.82, 2.24) is 0 Å². The molecule has 2 rings (SSSR count). The predicted molar refractivity (Wildman–Crippen MR) is 95.0 cm³/mol. The normalized spacial score (nSPS) is 10.2. The summed E-state index contributed by atoms with van der Waals surface area (Å²) in [6, 6.07) is 9.67. The van der Waals surface area contributed by atoms with E-state index in [-0.39, 0.29) is 23.6 Å². The summed E-state index contributed by atoms with van der Waals surface area (Å²) in [4.78, 5) is 30.9. The first kappa shape index (κ1) is 20.0. The van der Waals surface area contributed by atoms with Gasteiger partial charge in [0.2, 0.25) is 0 Å². The smallest absolute Gasteiger partial charge is 0.303 e. The molecule has 2 aromatic rings. The third-order valence-corrected chi connectivity index (χ3v) is 4.01. The molecule has 0 bridgehead atoms. The van der Waals surface area contributed by atoms with Crippen LogP contribution in [0.25, 0.3) is 0 Å². The minimum Gasteiger partial charge on any atom is -0.494 e. The van der Waals surface area contributed by atoms with E-state index in [1.54, 1.807) is 24.3 Å². The SMILES string of the molecule is O=C(O)CCCOc1ccc(OSc2ccc([N+](=O)[O-])cc2[N+](=O)[O-])cc1. The number of nitro benzene ring substituents is 2. The van der Waals surface area contributed by atoms with Gasteiger partial charge in [-0.2, -0.15) is 0 Å². The maximum atomic E-state index is 11.1. The summed E-state index contributed by atoms with van der Waals surface area (Å²) in [5.41, 5.74) is -0.803. The first-order chi connectivity index (χ1) is 12.9. The monoisotopic (exact) mass is 394 g/mol. The maximum Gasteiger partial charge on any atom is 0.303 e. The second-order valence-electron chi connectivity index (χ2n) is 5.15. The number of ether oxygens (including phenoxy) is 1. The lowest BCUT2D eigenvalue weighted by Gasteiger charge is -2.07. The molecule has 0 saturated carbocycles. The van der Waals surface area contributed by atoms with Gasteiger partial charge in [-0.15, -0.1) is 0 Å². The van der Waals surface area contributed by atoms with Gasteiger partial charge >= 0.3 is 5.97 Å². The zero-order chi connectivity index (χ0) is 19.8. The summed E-state index contributed by atoms with van der Waals surface area (Å²) >= 11 is 0.709. The fourth-order valence-corrected chi connectivity index (χ4v) is 2.57. The number of hydrogen-bond acceptors (Lipinski definition) is 8. The summed E-state index contributed by atoms with van der Waals surface area (Å²) in [5.74, 6) is 0.0318. The zero-order valence-electron chi connectivity index (χ0n) is 13.8. The molecule has 2 aromatic carbocycles. The quantitative estimate of drug-likeness (QED) is 0.275. The fraction of sp³-hybridized carbons (Fsp3) is 0.188. The molecule has 0 amide bonds. The first-order valence-corrected chi connectivity index (χ1v) is 8.33. The third kappa shape index (κ3) is 6.15. The van der Waals surface area contributed by atoms with Crippen LogP contribution >= 0.6 is 12.0 Å². The van der Waals surface area contributed by atoms with Gasteiger partial charge in [0.1, 0.15) is 16.4 Å². The molecule has 0 radical (unpaired) electrons. The third-order valence-electron chi connectivity index (χ3n) is 3.21. The van der Waals surface area contributed by atoms with Crippen LogP contribution in [0.15, 0.2) is 47.4 Å². The minimum atomic E-state index is -0.889. The molecule has 0 heterocycles. The number of nitrogens with zero attached hydrogens (tertiary/aromatic N) is 2. The molecule has 0 aromatic heterocycles. The van der Waals surface area contributed by atoms with Gasteiger partial charge in [-0.3, -0.25) is 25.0 Å². The summed E-state index contributed by atoms with van der Waals surface area (Å²) in [6.45, 7) is 0.260. The number of carboxylic acids is 1.